The molecular formula is C14H11Cl2NO2. The topological polar surface area (TPSA) is 43.1 Å². The van der Waals surface area contributed by atoms with E-state index in [9.17, 15) is 4.79 Å². The van der Waals surface area contributed by atoms with Crippen molar-refractivity contribution in [1.82, 2.24) is 5.16 Å². The third kappa shape index (κ3) is 2.40. The second-order valence-electron chi connectivity index (χ2n) is 4.62. The summed E-state index contributed by atoms with van der Waals surface area (Å²) in [6.07, 6.45) is 2.67. The van der Waals surface area contributed by atoms with Crippen LogP contribution in [0.25, 0.3) is 0 Å². The molecule has 98 valence electrons. The number of fused-ring (bicyclic) bond motifs is 1. The average molecular weight is 296 g/mol. The average Bonchev–Trinajstić information content (AvgIpc) is 2.77. The fraction of sp³-hybridized carbons (Fsp3) is 0.286. The van der Waals surface area contributed by atoms with E-state index in [4.69, 9.17) is 27.7 Å². The zero-order chi connectivity index (χ0) is 13.4. The van der Waals surface area contributed by atoms with Gasteiger partial charge in [0.15, 0.2) is 5.78 Å². The molecule has 3 nitrogen and oxygen atoms in total. The first-order valence-corrected chi connectivity index (χ1v) is 6.85. The molecule has 0 fully saturated rings. The monoisotopic (exact) mass is 295 g/mol. The largest absolute Gasteiger partial charge is 0.360 e. The molecule has 0 radical (unpaired) electrons. The molecule has 3 rings (SSSR count). The zero-order valence-electron chi connectivity index (χ0n) is 10.1. The predicted octanol–water partition coefficient (Wildman–Crippen LogP) is 4.09. The van der Waals surface area contributed by atoms with E-state index in [-0.39, 0.29) is 5.78 Å². The van der Waals surface area contributed by atoms with E-state index in [1.807, 2.05) is 6.07 Å². The van der Waals surface area contributed by atoms with Crippen molar-refractivity contribution in [2.45, 2.75) is 25.7 Å². The molecule has 0 amide bonds. The van der Waals surface area contributed by atoms with Crippen molar-refractivity contribution < 1.29 is 9.32 Å². The standard InChI is InChI=1S/C14H11Cl2NO2/c15-9-5-4-8(10(16)7-9)6-11-14-12(18)2-1-3-13(14)19-17-11/h4-5,7H,1-3,6H2. The Bertz CT molecular complexity index is 649. The Morgan fingerprint density at radius 2 is 2.11 bits per heavy atom. The van der Waals surface area contributed by atoms with Gasteiger partial charge in [0.1, 0.15) is 5.76 Å². The van der Waals surface area contributed by atoms with Crippen LogP contribution < -0.4 is 0 Å². The number of nitrogens with zero attached hydrogens (tertiary/aromatic N) is 1. The summed E-state index contributed by atoms with van der Waals surface area (Å²) in [6.45, 7) is 0. The Kier molecular flexibility index (Phi) is 3.33. The van der Waals surface area contributed by atoms with Crippen LogP contribution in [0.3, 0.4) is 0 Å². The third-order valence-corrected chi connectivity index (χ3v) is 3.88. The summed E-state index contributed by atoms with van der Waals surface area (Å²) >= 11 is 12.0. The lowest BCUT2D eigenvalue weighted by molar-refractivity contribution is 0.0968. The van der Waals surface area contributed by atoms with E-state index < -0.39 is 0 Å². The summed E-state index contributed by atoms with van der Waals surface area (Å²) in [5, 5.41) is 5.19. The fourth-order valence-electron chi connectivity index (χ4n) is 2.35. The first-order chi connectivity index (χ1) is 9.15. The van der Waals surface area contributed by atoms with Gasteiger partial charge in [-0.2, -0.15) is 0 Å². The third-order valence-electron chi connectivity index (χ3n) is 3.29. The number of ketones is 1. The lowest BCUT2D eigenvalue weighted by Gasteiger charge is -2.09. The van der Waals surface area contributed by atoms with Crippen molar-refractivity contribution >= 4 is 29.0 Å². The van der Waals surface area contributed by atoms with Gasteiger partial charge >= 0.3 is 0 Å². The zero-order valence-corrected chi connectivity index (χ0v) is 11.6. The molecule has 1 heterocycles. The molecule has 5 heteroatoms. The van der Waals surface area contributed by atoms with Gasteiger partial charge in [-0.05, 0) is 24.1 Å². The summed E-state index contributed by atoms with van der Waals surface area (Å²) in [7, 11) is 0. The summed E-state index contributed by atoms with van der Waals surface area (Å²) in [5.41, 5.74) is 2.21. The van der Waals surface area contributed by atoms with Crippen LogP contribution in [0.15, 0.2) is 22.7 Å². The highest BCUT2D eigenvalue weighted by Gasteiger charge is 2.26. The van der Waals surface area contributed by atoms with Gasteiger partial charge in [0.05, 0.1) is 11.3 Å². The van der Waals surface area contributed by atoms with E-state index in [1.165, 1.54) is 0 Å². The molecule has 1 aromatic carbocycles. The lowest BCUT2D eigenvalue weighted by Crippen LogP contribution is -2.10. The first-order valence-electron chi connectivity index (χ1n) is 6.09. The maximum atomic E-state index is 11.9. The van der Waals surface area contributed by atoms with Gasteiger partial charge in [0, 0.05) is 29.3 Å². The van der Waals surface area contributed by atoms with E-state index in [1.54, 1.807) is 12.1 Å². The summed E-state index contributed by atoms with van der Waals surface area (Å²) in [4.78, 5) is 11.9. The minimum absolute atomic E-state index is 0.114. The lowest BCUT2D eigenvalue weighted by atomic mass is 9.93. The number of benzene rings is 1. The van der Waals surface area contributed by atoms with Crippen molar-refractivity contribution in [1.29, 1.82) is 0 Å². The number of aromatic nitrogens is 1. The van der Waals surface area contributed by atoms with Crippen LogP contribution in [0.2, 0.25) is 10.0 Å². The number of carbonyl (C=O) groups excluding carboxylic acids is 1. The molecule has 0 spiro atoms. The molecule has 0 saturated carbocycles. The normalized spacial score (nSPS) is 14.5. The van der Waals surface area contributed by atoms with Crippen LogP contribution in [0.1, 0.15) is 40.2 Å². The van der Waals surface area contributed by atoms with Crippen molar-refractivity contribution in [3.63, 3.8) is 0 Å². The highest BCUT2D eigenvalue weighted by molar-refractivity contribution is 6.35. The van der Waals surface area contributed by atoms with Crippen LogP contribution in [0.5, 0.6) is 0 Å². The molecule has 0 N–H and O–H groups in total. The highest BCUT2D eigenvalue weighted by atomic mass is 35.5. The quantitative estimate of drug-likeness (QED) is 0.838. The van der Waals surface area contributed by atoms with Gasteiger partial charge in [0.25, 0.3) is 0 Å². The van der Waals surface area contributed by atoms with E-state index in [0.29, 0.717) is 39.9 Å². The second-order valence-corrected chi connectivity index (χ2v) is 5.46. The van der Waals surface area contributed by atoms with E-state index in [0.717, 1.165) is 18.4 Å². The van der Waals surface area contributed by atoms with Gasteiger partial charge in [0.2, 0.25) is 0 Å². The molecule has 2 aromatic rings. The molecule has 1 aliphatic rings. The second kappa shape index (κ2) is 4.99. The van der Waals surface area contributed by atoms with Crippen molar-refractivity contribution in [2.75, 3.05) is 0 Å². The molecular weight excluding hydrogens is 285 g/mol. The highest BCUT2D eigenvalue weighted by Crippen LogP contribution is 2.28. The fourth-order valence-corrected chi connectivity index (χ4v) is 2.83. The Hall–Kier alpha value is -1.32. The first kappa shape index (κ1) is 12.7. The molecule has 1 aromatic heterocycles. The van der Waals surface area contributed by atoms with Crippen molar-refractivity contribution in [3.8, 4) is 0 Å². The van der Waals surface area contributed by atoms with Crippen LogP contribution in [0, 0.1) is 0 Å². The SMILES string of the molecule is O=C1CCCc2onc(Cc3ccc(Cl)cc3Cl)c21. The Labute approximate surface area is 120 Å². The van der Waals surface area contributed by atoms with E-state index >= 15 is 0 Å². The molecule has 19 heavy (non-hydrogen) atoms. The Balaban J connectivity index is 1.96. The van der Waals surface area contributed by atoms with Crippen LogP contribution in [-0.2, 0) is 12.8 Å². The summed E-state index contributed by atoms with van der Waals surface area (Å²) in [5.74, 6) is 0.818. The minimum Gasteiger partial charge on any atom is -0.360 e. The molecule has 0 bridgehead atoms. The molecule has 0 unspecified atom stereocenters. The van der Waals surface area contributed by atoms with Gasteiger partial charge < -0.3 is 4.52 Å². The number of carbonyl (C=O) groups is 1. The maximum absolute atomic E-state index is 11.9. The molecule has 1 aliphatic carbocycles. The van der Waals surface area contributed by atoms with Crippen molar-refractivity contribution in [2.24, 2.45) is 0 Å². The number of hydrogen-bond donors (Lipinski definition) is 0. The van der Waals surface area contributed by atoms with Crippen LogP contribution >= 0.6 is 23.2 Å². The molecule has 0 aliphatic heterocycles. The predicted molar refractivity (Wildman–Crippen MR) is 73.0 cm³/mol. The number of Topliss-reactive ketones (excluding diaryl/α,β-unsaturated/α-hetero) is 1. The van der Waals surface area contributed by atoms with Gasteiger partial charge in [-0.1, -0.05) is 34.4 Å². The van der Waals surface area contributed by atoms with E-state index in [2.05, 4.69) is 5.16 Å². The van der Waals surface area contributed by atoms with Gasteiger partial charge in [-0.3, -0.25) is 4.79 Å². The molecule has 0 saturated heterocycles. The van der Waals surface area contributed by atoms with Crippen molar-refractivity contribution in [3.05, 3.63) is 50.8 Å². The summed E-state index contributed by atoms with van der Waals surface area (Å²) < 4.78 is 5.25. The van der Waals surface area contributed by atoms with Crippen LogP contribution in [0.4, 0.5) is 0 Å². The maximum Gasteiger partial charge on any atom is 0.168 e. The molecule has 0 atom stereocenters. The van der Waals surface area contributed by atoms with Crippen LogP contribution in [-0.4, -0.2) is 10.9 Å². The van der Waals surface area contributed by atoms with Gasteiger partial charge in [-0.15, -0.1) is 0 Å². The Morgan fingerprint density at radius 1 is 1.26 bits per heavy atom. The Morgan fingerprint density at radius 3 is 2.89 bits per heavy atom. The number of rotatable bonds is 2. The smallest absolute Gasteiger partial charge is 0.168 e. The minimum atomic E-state index is 0.114. The van der Waals surface area contributed by atoms with Gasteiger partial charge in [-0.25, -0.2) is 0 Å². The number of hydrogen-bond acceptors (Lipinski definition) is 3. The number of aryl methyl sites for hydroxylation is 1. The summed E-state index contributed by atoms with van der Waals surface area (Å²) in [6, 6.07) is 5.31. The number of halogens is 2.